The molecule has 0 saturated heterocycles. The molecule has 0 saturated carbocycles. The number of methoxy groups -OCH3 is 1. The highest BCUT2D eigenvalue weighted by atomic mass is 32.2. The molecule has 1 aliphatic rings. The van der Waals surface area contributed by atoms with Crippen molar-refractivity contribution in [2.45, 2.75) is 4.90 Å². The fourth-order valence-electron chi connectivity index (χ4n) is 2.00. The summed E-state index contributed by atoms with van der Waals surface area (Å²) in [6.45, 7) is 0. The zero-order valence-corrected chi connectivity index (χ0v) is 11.1. The molecular weight excluding hydrogens is 270 g/mol. The molecule has 0 aliphatic carbocycles. The summed E-state index contributed by atoms with van der Waals surface area (Å²) in [6.07, 6.45) is 1.61. The number of fused-ring (bicyclic) bond motifs is 1. The lowest BCUT2D eigenvalue weighted by Gasteiger charge is -2.07. The molecule has 6 heteroatoms. The van der Waals surface area contributed by atoms with E-state index in [0.717, 1.165) is 0 Å². The number of benzene rings is 1. The highest BCUT2D eigenvalue weighted by Crippen LogP contribution is 2.40. The second kappa shape index (κ2) is 3.93. The maximum absolute atomic E-state index is 12.0. The summed E-state index contributed by atoms with van der Waals surface area (Å²) >= 11 is 1.24. The Labute approximate surface area is 109 Å². The molecule has 0 unspecified atom stereocenters. The topological polar surface area (TPSA) is 56.3 Å². The molecule has 1 aromatic carbocycles. The molecule has 18 heavy (non-hydrogen) atoms. The first-order valence-electron chi connectivity index (χ1n) is 5.18. The van der Waals surface area contributed by atoms with Crippen LogP contribution in [0.5, 0.6) is 5.88 Å². The van der Waals surface area contributed by atoms with Gasteiger partial charge >= 0.3 is 0 Å². The molecule has 0 spiro atoms. The maximum Gasteiger partial charge on any atom is 0.232 e. The summed E-state index contributed by atoms with van der Waals surface area (Å²) < 4.78 is 33.3. The van der Waals surface area contributed by atoms with Crippen LogP contribution >= 0.6 is 11.5 Å². The first-order valence-corrected chi connectivity index (χ1v) is 7.56. The monoisotopic (exact) mass is 279 g/mol. The number of sulfone groups is 1. The molecule has 4 nitrogen and oxygen atoms in total. The van der Waals surface area contributed by atoms with E-state index >= 15 is 0 Å². The van der Waals surface area contributed by atoms with Crippen LogP contribution < -0.4 is 4.74 Å². The lowest BCUT2D eigenvalue weighted by Crippen LogP contribution is -1.97. The van der Waals surface area contributed by atoms with E-state index in [4.69, 9.17) is 4.74 Å². The first kappa shape index (κ1) is 11.4. The summed E-state index contributed by atoms with van der Waals surface area (Å²) in [4.78, 5) is 0.337. The Morgan fingerprint density at radius 3 is 2.89 bits per heavy atom. The molecule has 0 N–H and O–H groups in total. The highest BCUT2D eigenvalue weighted by Gasteiger charge is 2.26. The Balaban J connectivity index is 2.32. The number of hydrogen-bond acceptors (Lipinski definition) is 5. The van der Waals surface area contributed by atoms with Crippen molar-refractivity contribution in [3.8, 4) is 17.0 Å². The highest BCUT2D eigenvalue weighted by molar-refractivity contribution is 7.95. The molecule has 3 rings (SSSR count). The van der Waals surface area contributed by atoms with Gasteiger partial charge in [0.25, 0.3) is 0 Å². The van der Waals surface area contributed by atoms with Gasteiger partial charge in [-0.25, -0.2) is 8.42 Å². The number of ether oxygens (including phenoxy) is 1. The summed E-state index contributed by atoms with van der Waals surface area (Å²) in [5.41, 5.74) is 2.07. The number of hydrogen-bond donors (Lipinski definition) is 0. The van der Waals surface area contributed by atoms with Crippen LogP contribution in [-0.2, 0) is 9.84 Å². The Morgan fingerprint density at radius 1 is 1.28 bits per heavy atom. The predicted molar refractivity (Wildman–Crippen MR) is 70.3 cm³/mol. The number of aromatic nitrogens is 1. The van der Waals surface area contributed by atoms with Gasteiger partial charge in [0.2, 0.25) is 15.7 Å². The summed E-state index contributed by atoms with van der Waals surface area (Å²) in [7, 11) is -1.82. The zero-order valence-electron chi connectivity index (χ0n) is 9.45. The Morgan fingerprint density at radius 2 is 2.11 bits per heavy atom. The van der Waals surface area contributed by atoms with Crippen LogP contribution in [0.4, 0.5) is 0 Å². The summed E-state index contributed by atoms with van der Waals surface area (Å²) in [5.74, 6) is 0.454. The van der Waals surface area contributed by atoms with Crippen molar-refractivity contribution in [3.63, 3.8) is 0 Å². The quantitative estimate of drug-likeness (QED) is 0.847. The van der Waals surface area contributed by atoms with Gasteiger partial charge in [0, 0.05) is 16.4 Å². The van der Waals surface area contributed by atoms with Crippen LogP contribution in [0.2, 0.25) is 0 Å². The normalized spacial score (nSPS) is 15.6. The minimum absolute atomic E-state index is 0.337. The van der Waals surface area contributed by atoms with Gasteiger partial charge in [-0.2, -0.15) is 4.37 Å². The van der Waals surface area contributed by atoms with Crippen molar-refractivity contribution in [3.05, 3.63) is 34.6 Å². The van der Waals surface area contributed by atoms with Crippen LogP contribution in [0.3, 0.4) is 0 Å². The molecule has 1 aliphatic heterocycles. The van der Waals surface area contributed by atoms with Crippen molar-refractivity contribution in [2.75, 3.05) is 7.11 Å². The van der Waals surface area contributed by atoms with Gasteiger partial charge in [0.1, 0.15) is 0 Å². The van der Waals surface area contributed by atoms with E-state index in [1.165, 1.54) is 24.1 Å². The Bertz CT molecular complexity index is 744. The van der Waals surface area contributed by atoms with Gasteiger partial charge in [-0.05, 0) is 23.2 Å². The van der Waals surface area contributed by atoms with Gasteiger partial charge in [-0.1, -0.05) is 18.2 Å². The standard InChI is InChI=1S/C12H9NO3S2/c1-16-12-10(7-17-13-12)9-4-2-3-8-5-6-18(14,15)11(8)9/h2-7H,1H3. The SMILES string of the molecule is COc1nscc1-c1cccc2c1S(=O)(=O)C=C2. The molecule has 0 amide bonds. The lowest BCUT2D eigenvalue weighted by molar-refractivity contribution is 0.404. The van der Waals surface area contributed by atoms with Crippen molar-refractivity contribution in [1.29, 1.82) is 0 Å². The van der Waals surface area contributed by atoms with Crippen LogP contribution in [0, 0.1) is 0 Å². The molecule has 0 atom stereocenters. The average molecular weight is 279 g/mol. The second-order valence-corrected chi connectivity index (χ2v) is 6.21. The van der Waals surface area contributed by atoms with E-state index < -0.39 is 9.84 Å². The van der Waals surface area contributed by atoms with Crippen molar-refractivity contribution >= 4 is 27.4 Å². The molecule has 2 heterocycles. The Kier molecular flexibility index (Phi) is 2.49. The Hall–Kier alpha value is -1.66. The third kappa shape index (κ3) is 1.57. The molecule has 0 fully saturated rings. The minimum atomic E-state index is -3.35. The first-order chi connectivity index (χ1) is 8.63. The van der Waals surface area contributed by atoms with E-state index in [9.17, 15) is 8.42 Å². The van der Waals surface area contributed by atoms with Crippen molar-refractivity contribution in [2.24, 2.45) is 0 Å². The number of nitrogens with zero attached hydrogens (tertiary/aromatic N) is 1. The van der Waals surface area contributed by atoms with Gasteiger partial charge in [0.15, 0.2) is 0 Å². The van der Waals surface area contributed by atoms with Gasteiger partial charge < -0.3 is 4.74 Å². The fraction of sp³-hybridized carbons (Fsp3) is 0.0833. The van der Waals surface area contributed by atoms with E-state index in [1.54, 1.807) is 23.6 Å². The fourth-order valence-corrected chi connectivity index (χ4v) is 4.06. The minimum Gasteiger partial charge on any atom is -0.480 e. The maximum atomic E-state index is 12.0. The summed E-state index contributed by atoms with van der Waals surface area (Å²) in [6, 6.07) is 5.39. The van der Waals surface area contributed by atoms with Crippen LogP contribution in [0.1, 0.15) is 5.56 Å². The molecule has 0 bridgehead atoms. The predicted octanol–water partition coefficient (Wildman–Crippen LogP) is 2.58. The zero-order chi connectivity index (χ0) is 12.8. The van der Waals surface area contributed by atoms with E-state index in [2.05, 4.69) is 4.37 Å². The largest absolute Gasteiger partial charge is 0.480 e. The van der Waals surface area contributed by atoms with Crippen LogP contribution in [-0.4, -0.2) is 19.9 Å². The lowest BCUT2D eigenvalue weighted by atomic mass is 10.1. The second-order valence-electron chi connectivity index (χ2n) is 3.81. The molecule has 1 aromatic heterocycles. The van der Waals surface area contributed by atoms with Crippen molar-refractivity contribution < 1.29 is 13.2 Å². The average Bonchev–Trinajstić information content (AvgIpc) is 2.94. The molecular formula is C12H9NO3S2. The third-order valence-electron chi connectivity index (χ3n) is 2.78. The number of rotatable bonds is 2. The smallest absolute Gasteiger partial charge is 0.232 e. The van der Waals surface area contributed by atoms with Crippen LogP contribution in [0.15, 0.2) is 33.9 Å². The van der Waals surface area contributed by atoms with Gasteiger partial charge in [-0.3, -0.25) is 0 Å². The van der Waals surface area contributed by atoms with E-state index in [0.29, 0.717) is 27.5 Å². The van der Waals surface area contributed by atoms with Gasteiger partial charge in [-0.15, -0.1) is 0 Å². The molecule has 0 radical (unpaired) electrons. The van der Waals surface area contributed by atoms with E-state index in [1.807, 2.05) is 6.07 Å². The van der Waals surface area contributed by atoms with E-state index in [-0.39, 0.29) is 0 Å². The van der Waals surface area contributed by atoms with Crippen LogP contribution in [0.25, 0.3) is 17.2 Å². The van der Waals surface area contributed by atoms with Crippen molar-refractivity contribution in [1.82, 2.24) is 4.37 Å². The summed E-state index contributed by atoms with van der Waals surface area (Å²) in [5, 5.41) is 3.02. The molecule has 92 valence electrons. The van der Waals surface area contributed by atoms with Gasteiger partial charge in [0.05, 0.1) is 17.6 Å². The third-order valence-corrected chi connectivity index (χ3v) is 4.91. The molecule has 2 aromatic rings.